The fraction of sp³-hybridized carbons (Fsp3) is 0.778. The first kappa shape index (κ1) is 37.7. The molecule has 0 aromatic carbocycles. The van der Waals surface area contributed by atoms with E-state index >= 15 is 0 Å². The minimum atomic E-state index is -1.06. The Kier molecular flexibility index (Phi) is 22.3. The molecule has 0 radical (unpaired) electrons. The van der Waals surface area contributed by atoms with Crippen LogP contribution in [0.4, 0.5) is 0 Å². The third kappa shape index (κ3) is 16.8. The zero-order chi connectivity index (χ0) is 30.3. The maximum Gasteiger partial charge on any atom is 0.327 e. The van der Waals surface area contributed by atoms with Gasteiger partial charge in [0.15, 0.2) is 0 Å². The number of carboxylic acids is 1. The number of carbonyl (C=O) groups is 4. The molecule has 0 spiro atoms. The second-order valence-corrected chi connectivity index (χ2v) is 12.3. The number of hydrogen-bond donors (Lipinski definition) is 2. The van der Waals surface area contributed by atoms with Crippen LogP contribution in [0.15, 0.2) is 9.81 Å². The van der Waals surface area contributed by atoms with Gasteiger partial charge in [-0.05, 0) is 24.3 Å². The monoisotopic (exact) mass is 638 g/mol. The molecule has 2 N–H and O–H groups in total. The number of nitrogens with zero attached hydrogens (tertiary/aromatic N) is 1. The number of thioether (sulfide) groups is 3. The average molecular weight is 639 g/mol. The second-order valence-electron chi connectivity index (χ2n) is 8.94. The molecular formula is C27H46N2O9S3. The molecule has 236 valence electrons. The van der Waals surface area contributed by atoms with E-state index in [-0.39, 0.29) is 36.6 Å². The molecule has 0 saturated carbocycles. The van der Waals surface area contributed by atoms with Crippen LogP contribution in [0.2, 0.25) is 0 Å². The molecule has 1 rings (SSSR count). The van der Waals surface area contributed by atoms with Crippen molar-refractivity contribution in [3.8, 4) is 0 Å². The van der Waals surface area contributed by atoms with Gasteiger partial charge in [0, 0.05) is 18.4 Å². The van der Waals surface area contributed by atoms with Crippen molar-refractivity contribution in [2.75, 3.05) is 82.4 Å². The zero-order valence-electron chi connectivity index (χ0n) is 24.5. The summed E-state index contributed by atoms with van der Waals surface area (Å²) in [6, 6.07) is -0.901. The number of unbranched alkanes of at least 4 members (excludes halogenated alkanes) is 2. The summed E-state index contributed by atoms with van der Waals surface area (Å²) in [6.07, 6.45) is 4.10. The third-order valence-corrected chi connectivity index (χ3v) is 8.95. The van der Waals surface area contributed by atoms with Crippen molar-refractivity contribution in [3.05, 3.63) is 9.81 Å². The first-order valence-electron chi connectivity index (χ1n) is 14.1. The Balaban J connectivity index is 2.06. The summed E-state index contributed by atoms with van der Waals surface area (Å²) in [6.45, 7) is 8.82. The zero-order valence-corrected chi connectivity index (χ0v) is 26.9. The van der Waals surface area contributed by atoms with Gasteiger partial charge in [-0.3, -0.25) is 19.3 Å². The highest BCUT2D eigenvalue weighted by molar-refractivity contribution is 8.08. The summed E-state index contributed by atoms with van der Waals surface area (Å²) in [5, 5.41) is 11.4. The fourth-order valence-electron chi connectivity index (χ4n) is 3.28. The lowest BCUT2D eigenvalue weighted by molar-refractivity contribution is -0.141. The van der Waals surface area contributed by atoms with E-state index < -0.39 is 12.0 Å². The summed E-state index contributed by atoms with van der Waals surface area (Å²) in [4.78, 5) is 50.3. The number of aliphatic carboxylic acids is 1. The van der Waals surface area contributed by atoms with E-state index in [1.807, 2.05) is 0 Å². The molecule has 0 unspecified atom stereocenters. The highest BCUT2D eigenvalue weighted by Gasteiger charge is 2.38. The predicted molar refractivity (Wildman–Crippen MR) is 164 cm³/mol. The first-order chi connectivity index (χ1) is 19.8. The van der Waals surface area contributed by atoms with Crippen LogP contribution in [0, 0.1) is 0 Å². The Labute approximate surface area is 256 Å². The average Bonchev–Trinajstić information content (AvgIpc) is 3.15. The number of carboxylic acid groups (broad SMARTS) is 1. The molecule has 14 heteroatoms. The number of ether oxygens (including phenoxy) is 4. The molecule has 1 atom stereocenters. The number of hydrogen-bond acceptors (Lipinski definition) is 11. The molecule has 0 aromatic rings. The smallest absolute Gasteiger partial charge is 0.327 e. The molecule has 0 bridgehead atoms. The van der Waals surface area contributed by atoms with Crippen molar-refractivity contribution in [2.45, 2.75) is 52.5 Å². The van der Waals surface area contributed by atoms with Crippen molar-refractivity contribution >= 4 is 59.0 Å². The predicted octanol–water partition coefficient (Wildman–Crippen LogP) is 3.02. The largest absolute Gasteiger partial charge is 0.480 e. The number of nitrogens with one attached hydrogen (secondary N) is 1. The molecule has 11 nitrogen and oxygen atoms in total. The summed E-state index contributed by atoms with van der Waals surface area (Å²) in [5.74, 6) is 0.719. The van der Waals surface area contributed by atoms with E-state index in [1.165, 1.54) is 47.1 Å². The Morgan fingerprint density at radius 2 is 1.24 bits per heavy atom. The van der Waals surface area contributed by atoms with Gasteiger partial charge >= 0.3 is 5.97 Å². The van der Waals surface area contributed by atoms with Crippen LogP contribution >= 0.6 is 35.3 Å². The van der Waals surface area contributed by atoms with Crippen LogP contribution in [0.3, 0.4) is 0 Å². The highest BCUT2D eigenvalue weighted by atomic mass is 32.2. The van der Waals surface area contributed by atoms with Gasteiger partial charge in [-0.2, -0.15) is 11.8 Å². The normalized spacial score (nSPS) is 14.3. The van der Waals surface area contributed by atoms with Crippen LogP contribution in [0.1, 0.15) is 46.5 Å². The summed E-state index contributed by atoms with van der Waals surface area (Å²) < 4.78 is 22.0. The summed E-state index contributed by atoms with van der Waals surface area (Å²) in [5.41, 5.74) is 0. The van der Waals surface area contributed by atoms with Crippen LogP contribution in [0.25, 0.3) is 0 Å². The molecule has 3 amide bonds. The molecule has 0 aliphatic carbocycles. The van der Waals surface area contributed by atoms with Crippen LogP contribution in [0.5, 0.6) is 0 Å². The molecule has 1 aliphatic heterocycles. The van der Waals surface area contributed by atoms with Crippen molar-refractivity contribution in [1.29, 1.82) is 0 Å². The molecular weight excluding hydrogens is 593 g/mol. The number of imide groups is 1. The van der Waals surface area contributed by atoms with E-state index in [0.717, 1.165) is 37.2 Å². The van der Waals surface area contributed by atoms with Gasteiger partial charge in [-0.1, -0.05) is 26.7 Å². The van der Waals surface area contributed by atoms with Crippen molar-refractivity contribution in [3.63, 3.8) is 0 Å². The topological polar surface area (TPSA) is 141 Å². The molecule has 1 heterocycles. The Morgan fingerprint density at radius 1 is 0.780 bits per heavy atom. The number of rotatable bonds is 27. The number of amides is 3. The van der Waals surface area contributed by atoms with Crippen molar-refractivity contribution < 1.29 is 43.2 Å². The minimum absolute atomic E-state index is 0.205. The van der Waals surface area contributed by atoms with Gasteiger partial charge in [-0.15, -0.1) is 23.5 Å². The lowest BCUT2D eigenvalue weighted by atomic mass is 10.3. The van der Waals surface area contributed by atoms with Gasteiger partial charge in [0.25, 0.3) is 11.8 Å². The third-order valence-electron chi connectivity index (χ3n) is 5.48. The van der Waals surface area contributed by atoms with E-state index in [9.17, 15) is 19.2 Å². The lowest BCUT2D eigenvalue weighted by Gasteiger charge is -2.15. The van der Waals surface area contributed by atoms with Crippen LogP contribution in [-0.2, 0) is 38.1 Å². The highest BCUT2D eigenvalue weighted by Crippen LogP contribution is 2.37. The maximum atomic E-state index is 12.9. The van der Waals surface area contributed by atoms with Gasteiger partial charge in [0.05, 0.1) is 69.2 Å². The Morgan fingerprint density at radius 3 is 1.68 bits per heavy atom. The first-order valence-corrected chi connectivity index (χ1v) is 17.2. The Hall–Kier alpha value is -1.29. The van der Waals surface area contributed by atoms with Gasteiger partial charge in [0.2, 0.25) is 5.91 Å². The number of carbonyl (C=O) groups excluding carboxylic acids is 3. The van der Waals surface area contributed by atoms with E-state index in [2.05, 4.69) is 19.2 Å². The molecule has 0 saturated heterocycles. The molecule has 1 aliphatic rings. The van der Waals surface area contributed by atoms with E-state index in [4.69, 9.17) is 24.1 Å². The minimum Gasteiger partial charge on any atom is -0.480 e. The van der Waals surface area contributed by atoms with Crippen molar-refractivity contribution in [2.24, 2.45) is 0 Å². The SMILES string of the molecule is CCCCSC1=C(SCCCC)C(=O)N(CCOCCOCCOCCOCCSC[C@H](NC(C)=O)C(=O)O)C1=O. The van der Waals surface area contributed by atoms with Gasteiger partial charge in [-0.25, -0.2) is 4.79 Å². The van der Waals surface area contributed by atoms with Crippen molar-refractivity contribution in [1.82, 2.24) is 10.2 Å². The lowest BCUT2D eigenvalue weighted by Crippen LogP contribution is -2.41. The van der Waals surface area contributed by atoms with Gasteiger partial charge in [0.1, 0.15) is 6.04 Å². The van der Waals surface area contributed by atoms with E-state index in [1.54, 1.807) is 0 Å². The molecule has 0 aromatic heterocycles. The van der Waals surface area contributed by atoms with Crippen LogP contribution < -0.4 is 5.32 Å². The second kappa shape index (κ2) is 24.2. The fourth-order valence-corrected chi connectivity index (χ4v) is 6.68. The Bertz CT molecular complexity index is 798. The summed E-state index contributed by atoms with van der Waals surface area (Å²) in [7, 11) is 0. The standard InChI is InChI=1S/C27H46N2O9S3/c1-4-6-17-40-23-24(41-18-7-5-2)26(32)29(25(23)31)8-9-35-10-11-36-12-13-37-14-15-38-16-19-39-20-22(27(33)34)28-21(3)30/h22H,4-20H2,1-3H3,(H,28,30)(H,33,34)/t22-/m0/s1. The molecule has 0 fully saturated rings. The van der Waals surface area contributed by atoms with E-state index in [0.29, 0.717) is 61.8 Å². The molecule has 41 heavy (non-hydrogen) atoms. The maximum absolute atomic E-state index is 12.9. The summed E-state index contributed by atoms with van der Waals surface area (Å²) >= 11 is 4.38. The van der Waals surface area contributed by atoms with Gasteiger partial charge < -0.3 is 29.4 Å². The van der Waals surface area contributed by atoms with Crippen LogP contribution in [-0.4, -0.2) is 122 Å². The quantitative estimate of drug-likeness (QED) is 0.101.